The van der Waals surface area contributed by atoms with Gasteiger partial charge in [-0.2, -0.15) is 8.42 Å². The van der Waals surface area contributed by atoms with Crippen LogP contribution >= 0.6 is 0 Å². The van der Waals surface area contributed by atoms with Gasteiger partial charge in [-0.05, 0) is 32.1 Å². The van der Waals surface area contributed by atoms with Crippen molar-refractivity contribution in [1.82, 2.24) is 5.32 Å². The van der Waals surface area contributed by atoms with Crippen LogP contribution < -0.4 is 5.32 Å². The monoisotopic (exact) mass is 728 g/mol. The fourth-order valence-corrected chi connectivity index (χ4v) is 7.21. The Hall–Kier alpha value is -1.22. The number of carbonyl (C=O) groups is 1. The topological polar surface area (TPSA) is 124 Å². The van der Waals surface area contributed by atoms with Gasteiger partial charge in [0.2, 0.25) is 5.91 Å². The Labute approximate surface area is 309 Å². The van der Waals surface area contributed by atoms with Crippen LogP contribution in [0.5, 0.6) is 0 Å². The summed E-state index contributed by atoms with van der Waals surface area (Å²) in [5.74, 6) is -1.55. The van der Waals surface area contributed by atoms with E-state index in [0.717, 1.165) is 32.1 Å². The van der Waals surface area contributed by atoms with E-state index in [9.17, 15) is 28.0 Å². The number of carbonyl (C=O) groups excluding carboxylic acids is 1. The van der Waals surface area contributed by atoms with Gasteiger partial charge >= 0.3 is 0 Å². The zero-order valence-corrected chi connectivity index (χ0v) is 33.5. The summed E-state index contributed by atoms with van der Waals surface area (Å²) in [6.45, 7) is 4.49. The van der Waals surface area contributed by atoms with Crippen LogP contribution in [0.25, 0.3) is 0 Å². The molecule has 8 heteroatoms. The Morgan fingerprint density at radius 2 is 0.900 bits per heavy atom. The lowest BCUT2D eigenvalue weighted by atomic mass is 10.0. The molecule has 4 N–H and O–H groups in total. The minimum absolute atomic E-state index is 0.278. The Morgan fingerprint density at radius 3 is 1.32 bits per heavy atom. The Kier molecular flexibility index (Phi) is 35.3. The Bertz CT molecular complexity index is 906. The number of nitrogens with one attached hydrogen (secondary N) is 1. The lowest BCUT2D eigenvalue weighted by Gasteiger charge is -2.22. The number of aliphatic hydroxyl groups is 2. The largest absolute Gasteiger partial charge is 0.387 e. The molecule has 3 atom stereocenters. The van der Waals surface area contributed by atoms with Crippen molar-refractivity contribution in [3.8, 4) is 0 Å². The van der Waals surface area contributed by atoms with Gasteiger partial charge < -0.3 is 15.5 Å². The molecule has 0 aromatic heterocycles. The molecule has 0 rings (SSSR count). The molecule has 0 saturated carbocycles. The second-order valence-electron chi connectivity index (χ2n) is 14.8. The average molecular weight is 728 g/mol. The Morgan fingerprint density at radius 1 is 0.540 bits per heavy atom. The van der Waals surface area contributed by atoms with E-state index in [-0.39, 0.29) is 6.42 Å². The molecule has 0 heterocycles. The molecule has 1 amide bonds. The van der Waals surface area contributed by atoms with Crippen molar-refractivity contribution >= 4 is 16.0 Å². The van der Waals surface area contributed by atoms with Crippen molar-refractivity contribution in [2.24, 2.45) is 0 Å². The highest BCUT2D eigenvalue weighted by atomic mass is 32.2. The van der Waals surface area contributed by atoms with Gasteiger partial charge in [-0.3, -0.25) is 9.35 Å². The summed E-state index contributed by atoms with van der Waals surface area (Å²) < 4.78 is 32.5. The lowest BCUT2D eigenvalue weighted by molar-refractivity contribution is -0.130. The van der Waals surface area contributed by atoms with E-state index < -0.39 is 40.0 Å². The minimum atomic E-state index is -4.45. The number of amides is 1. The first-order valence-electron chi connectivity index (χ1n) is 21.1. The SMILES string of the molecule is CCCCCCCC/C=C/CC/C=C/C(O)C(CS(=O)(=O)O)NC(=O)C(O)CCCCCCCCCCCCCCCCCCCCCCC. The summed E-state index contributed by atoms with van der Waals surface area (Å²) in [5, 5.41) is 23.3. The first-order chi connectivity index (χ1) is 24.2. The van der Waals surface area contributed by atoms with Crippen LogP contribution in [0.2, 0.25) is 0 Å². The van der Waals surface area contributed by atoms with Gasteiger partial charge in [-0.15, -0.1) is 0 Å². The van der Waals surface area contributed by atoms with E-state index in [2.05, 4.69) is 31.3 Å². The van der Waals surface area contributed by atoms with Crippen LogP contribution in [0.15, 0.2) is 24.3 Å². The minimum Gasteiger partial charge on any atom is -0.387 e. The molecule has 296 valence electrons. The number of hydrogen-bond acceptors (Lipinski definition) is 5. The van der Waals surface area contributed by atoms with Crippen LogP contribution in [0, 0.1) is 0 Å². The fraction of sp³-hybridized carbons (Fsp3) is 0.881. The van der Waals surface area contributed by atoms with Crippen molar-refractivity contribution in [1.29, 1.82) is 0 Å². The number of hydrogen-bond donors (Lipinski definition) is 4. The van der Waals surface area contributed by atoms with Gasteiger partial charge in [0.05, 0.1) is 17.9 Å². The van der Waals surface area contributed by atoms with E-state index in [1.807, 2.05) is 0 Å². The first kappa shape index (κ1) is 48.8. The smallest absolute Gasteiger partial charge is 0.267 e. The summed E-state index contributed by atoms with van der Waals surface area (Å²) in [7, 11) is -4.45. The van der Waals surface area contributed by atoms with Gasteiger partial charge in [0, 0.05) is 0 Å². The molecule has 50 heavy (non-hydrogen) atoms. The maximum Gasteiger partial charge on any atom is 0.267 e. The van der Waals surface area contributed by atoms with E-state index >= 15 is 0 Å². The van der Waals surface area contributed by atoms with Crippen LogP contribution in [0.4, 0.5) is 0 Å². The predicted octanol–water partition coefficient (Wildman–Crippen LogP) is 11.3. The molecule has 0 fully saturated rings. The molecule has 0 bridgehead atoms. The van der Waals surface area contributed by atoms with E-state index in [4.69, 9.17) is 0 Å². The standard InChI is InChI=1S/C42H81NO6S/c1-3-5-7-9-11-13-15-17-18-19-20-21-22-23-24-25-27-29-31-33-35-37-41(45)42(46)43-39(38-50(47,48)49)40(44)36-34-32-30-28-26-16-14-12-10-8-6-4-2/h26,28,34,36,39-41,44-45H,3-25,27,29-33,35,37-38H2,1-2H3,(H,43,46)(H,47,48,49)/b28-26+,36-34+. The molecule has 0 aliphatic rings. The van der Waals surface area contributed by atoms with Crippen molar-refractivity contribution in [3.63, 3.8) is 0 Å². The molecular weight excluding hydrogens is 647 g/mol. The van der Waals surface area contributed by atoms with Gasteiger partial charge in [-0.1, -0.05) is 205 Å². The highest BCUT2D eigenvalue weighted by molar-refractivity contribution is 7.85. The van der Waals surface area contributed by atoms with Crippen molar-refractivity contribution in [2.75, 3.05) is 5.75 Å². The third kappa shape index (κ3) is 35.2. The Balaban J connectivity index is 3.95. The van der Waals surface area contributed by atoms with E-state index in [1.54, 1.807) is 6.08 Å². The number of rotatable bonds is 38. The van der Waals surface area contributed by atoms with Crippen molar-refractivity contribution in [3.05, 3.63) is 24.3 Å². The van der Waals surface area contributed by atoms with Gasteiger partial charge in [0.25, 0.3) is 10.1 Å². The summed E-state index contributed by atoms with van der Waals surface area (Å²) >= 11 is 0. The van der Waals surface area contributed by atoms with E-state index in [0.29, 0.717) is 12.8 Å². The summed E-state index contributed by atoms with van der Waals surface area (Å²) in [4.78, 5) is 12.6. The molecular formula is C42H81NO6S. The van der Waals surface area contributed by atoms with Crippen LogP contribution in [0.3, 0.4) is 0 Å². The normalized spacial score (nSPS) is 14.1. The first-order valence-corrected chi connectivity index (χ1v) is 22.8. The molecule has 3 unspecified atom stereocenters. The molecule has 0 spiro atoms. The van der Waals surface area contributed by atoms with Gasteiger partial charge in [0.15, 0.2) is 0 Å². The fourth-order valence-electron chi connectivity index (χ4n) is 6.47. The van der Waals surface area contributed by atoms with Crippen molar-refractivity contribution < 1.29 is 28.0 Å². The van der Waals surface area contributed by atoms with Crippen LogP contribution in [-0.2, 0) is 14.9 Å². The molecule has 0 aliphatic heterocycles. The predicted molar refractivity (Wildman–Crippen MR) is 213 cm³/mol. The molecule has 7 nitrogen and oxygen atoms in total. The average Bonchev–Trinajstić information content (AvgIpc) is 3.08. The van der Waals surface area contributed by atoms with E-state index in [1.165, 1.54) is 154 Å². The van der Waals surface area contributed by atoms with Crippen LogP contribution in [-0.4, -0.2) is 53.1 Å². The number of unbranched alkanes of at least 4 members (excludes halogenated alkanes) is 27. The summed E-state index contributed by atoms with van der Waals surface area (Å²) in [6, 6.07) is -1.24. The second-order valence-corrected chi connectivity index (χ2v) is 16.3. The summed E-state index contributed by atoms with van der Waals surface area (Å²) in [6.07, 6.45) is 42.5. The maximum absolute atomic E-state index is 12.6. The molecule has 0 aromatic rings. The number of aliphatic hydroxyl groups excluding tert-OH is 2. The third-order valence-corrected chi connectivity index (χ3v) is 10.5. The quantitative estimate of drug-likeness (QED) is 0.0285. The third-order valence-electron chi connectivity index (χ3n) is 9.74. The highest BCUT2D eigenvalue weighted by Gasteiger charge is 2.27. The van der Waals surface area contributed by atoms with Gasteiger partial charge in [0.1, 0.15) is 6.10 Å². The van der Waals surface area contributed by atoms with Crippen molar-refractivity contribution in [2.45, 2.75) is 231 Å². The number of allylic oxidation sites excluding steroid dienone is 3. The highest BCUT2D eigenvalue weighted by Crippen LogP contribution is 2.16. The molecule has 0 aliphatic carbocycles. The summed E-state index contributed by atoms with van der Waals surface area (Å²) in [5.41, 5.74) is 0. The van der Waals surface area contributed by atoms with Crippen LogP contribution in [0.1, 0.15) is 213 Å². The van der Waals surface area contributed by atoms with Gasteiger partial charge in [-0.25, -0.2) is 0 Å². The maximum atomic E-state index is 12.6. The molecule has 0 aromatic carbocycles. The molecule has 0 saturated heterocycles. The molecule has 0 radical (unpaired) electrons. The second kappa shape index (κ2) is 36.2. The zero-order chi connectivity index (χ0) is 37.0. The zero-order valence-electron chi connectivity index (χ0n) is 32.6. The lowest BCUT2D eigenvalue weighted by Crippen LogP contribution is -2.50.